The standard InChI is InChI=1S/C20H22N2O2S/c23-19(22(16-8-9-16)13-17-5-3-11-25-17)10-7-15-12-14-4-1-2-6-18(14)21-20(15)24/h1-6,11,15-16H,7-10,12-13H2,(H,21,24). The van der Waals surface area contributed by atoms with E-state index in [1.165, 1.54) is 4.88 Å². The molecule has 25 heavy (non-hydrogen) atoms. The summed E-state index contributed by atoms with van der Waals surface area (Å²) in [7, 11) is 0. The molecule has 0 spiro atoms. The number of para-hydroxylation sites is 1. The molecule has 0 saturated heterocycles. The minimum Gasteiger partial charge on any atom is -0.335 e. The number of amides is 2. The molecule has 2 aromatic rings. The maximum Gasteiger partial charge on any atom is 0.227 e. The molecule has 1 saturated carbocycles. The molecular weight excluding hydrogens is 332 g/mol. The number of hydrogen-bond acceptors (Lipinski definition) is 3. The molecule has 2 heterocycles. The molecule has 4 rings (SSSR count). The predicted octanol–water partition coefficient (Wildman–Crippen LogP) is 3.83. The van der Waals surface area contributed by atoms with Crippen LogP contribution in [-0.2, 0) is 22.6 Å². The number of benzene rings is 1. The molecule has 1 N–H and O–H groups in total. The summed E-state index contributed by atoms with van der Waals surface area (Å²) in [6, 6.07) is 12.4. The first-order chi connectivity index (χ1) is 12.2. The Kier molecular flexibility index (Phi) is 4.57. The highest BCUT2D eigenvalue weighted by atomic mass is 32.1. The zero-order valence-corrected chi connectivity index (χ0v) is 14.9. The van der Waals surface area contributed by atoms with Crippen molar-refractivity contribution in [1.82, 2.24) is 4.90 Å². The maximum absolute atomic E-state index is 12.7. The fourth-order valence-electron chi connectivity index (χ4n) is 3.47. The van der Waals surface area contributed by atoms with Crippen LogP contribution in [0, 0.1) is 5.92 Å². The van der Waals surface area contributed by atoms with Crippen LogP contribution in [0.5, 0.6) is 0 Å². The van der Waals surface area contributed by atoms with E-state index < -0.39 is 0 Å². The quantitative estimate of drug-likeness (QED) is 0.857. The van der Waals surface area contributed by atoms with Crippen LogP contribution in [0.15, 0.2) is 41.8 Å². The number of fused-ring (bicyclic) bond motifs is 1. The lowest BCUT2D eigenvalue weighted by Crippen LogP contribution is -2.34. The molecular formula is C20H22N2O2S. The first kappa shape index (κ1) is 16.3. The molecule has 1 aromatic heterocycles. The van der Waals surface area contributed by atoms with Crippen LogP contribution in [0.25, 0.3) is 0 Å². The molecule has 2 amide bonds. The van der Waals surface area contributed by atoms with Gasteiger partial charge in [-0.1, -0.05) is 24.3 Å². The van der Waals surface area contributed by atoms with E-state index >= 15 is 0 Å². The highest BCUT2D eigenvalue weighted by molar-refractivity contribution is 7.09. The highest BCUT2D eigenvalue weighted by Gasteiger charge is 2.33. The van der Waals surface area contributed by atoms with E-state index in [1.807, 2.05) is 29.2 Å². The fourth-order valence-corrected chi connectivity index (χ4v) is 4.17. The topological polar surface area (TPSA) is 49.4 Å². The normalized spacial score (nSPS) is 19.2. The fraction of sp³-hybridized carbons (Fsp3) is 0.400. The van der Waals surface area contributed by atoms with Crippen molar-refractivity contribution in [2.75, 3.05) is 5.32 Å². The molecule has 4 nitrogen and oxygen atoms in total. The number of hydrogen-bond donors (Lipinski definition) is 1. The van der Waals surface area contributed by atoms with Crippen LogP contribution in [-0.4, -0.2) is 22.8 Å². The van der Waals surface area contributed by atoms with Gasteiger partial charge in [-0.2, -0.15) is 0 Å². The van der Waals surface area contributed by atoms with E-state index in [-0.39, 0.29) is 17.7 Å². The number of nitrogens with one attached hydrogen (secondary N) is 1. The molecule has 0 bridgehead atoms. The lowest BCUT2D eigenvalue weighted by atomic mass is 9.89. The Labute approximate surface area is 151 Å². The third kappa shape index (κ3) is 3.76. The van der Waals surface area contributed by atoms with E-state index in [0.29, 0.717) is 25.4 Å². The molecule has 5 heteroatoms. The molecule has 1 atom stereocenters. The Morgan fingerprint density at radius 1 is 1.20 bits per heavy atom. The zero-order valence-electron chi connectivity index (χ0n) is 14.1. The second-order valence-corrected chi connectivity index (χ2v) is 7.95. The Morgan fingerprint density at radius 2 is 2.04 bits per heavy atom. The second-order valence-electron chi connectivity index (χ2n) is 6.92. The molecule has 1 fully saturated rings. The van der Waals surface area contributed by atoms with Gasteiger partial charge < -0.3 is 10.2 Å². The largest absolute Gasteiger partial charge is 0.335 e. The van der Waals surface area contributed by atoms with E-state index in [9.17, 15) is 9.59 Å². The minimum atomic E-state index is -0.110. The summed E-state index contributed by atoms with van der Waals surface area (Å²) in [4.78, 5) is 28.3. The number of rotatable bonds is 6. The average molecular weight is 354 g/mol. The summed E-state index contributed by atoms with van der Waals surface area (Å²) in [6.45, 7) is 0.709. The van der Waals surface area contributed by atoms with Gasteiger partial charge >= 0.3 is 0 Å². The number of carbonyl (C=O) groups excluding carboxylic acids is 2. The third-order valence-corrected chi connectivity index (χ3v) is 5.89. The van der Waals surface area contributed by atoms with Crippen molar-refractivity contribution in [3.05, 3.63) is 52.2 Å². The van der Waals surface area contributed by atoms with E-state index in [2.05, 4.69) is 22.8 Å². The number of thiophene rings is 1. The number of anilines is 1. The van der Waals surface area contributed by atoms with Gasteiger partial charge in [0, 0.05) is 28.9 Å². The van der Waals surface area contributed by atoms with Gasteiger partial charge in [0.05, 0.1) is 6.54 Å². The van der Waals surface area contributed by atoms with Crippen LogP contribution in [0.4, 0.5) is 5.69 Å². The van der Waals surface area contributed by atoms with Gasteiger partial charge in [0.25, 0.3) is 0 Å². The van der Waals surface area contributed by atoms with Crippen LogP contribution in [0.3, 0.4) is 0 Å². The van der Waals surface area contributed by atoms with Crippen LogP contribution in [0.1, 0.15) is 36.1 Å². The highest BCUT2D eigenvalue weighted by Crippen LogP contribution is 2.31. The van der Waals surface area contributed by atoms with Crippen LogP contribution >= 0.6 is 11.3 Å². The van der Waals surface area contributed by atoms with Gasteiger partial charge in [-0.05, 0) is 48.8 Å². The summed E-state index contributed by atoms with van der Waals surface area (Å²) in [5.41, 5.74) is 2.07. The molecule has 1 aliphatic heterocycles. The van der Waals surface area contributed by atoms with Crippen molar-refractivity contribution in [2.45, 2.75) is 44.7 Å². The molecule has 130 valence electrons. The van der Waals surface area contributed by atoms with E-state index in [0.717, 1.165) is 30.5 Å². The van der Waals surface area contributed by atoms with Crippen molar-refractivity contribution in [2.24, 2.45) is 5.92 Å². The van der Waals surface area contributed by atoms with E-state index in [4.69, 9.17) is 0 Å². The van der Waals surface area contributed by atoms with Crippen molar-refractivity contribution >= 4 is 28.8 Å². The minimum absolute atomic E-state index is 0.0442. The Bertz CT molecular complexity index is 768. The number of carbonyl (C=O) groups is 2. The Balaban J connectivity index is 1.37. The first-order valence-electron chi connectivity index (χ1n) is 8.91. The summed E-state index contributed by atoms with van der Waals surface area (Å²) >= 11 is 1.69. The Hall–Kier alpha value is -2.14. The molecule has 1 unspecified atom stereocenters. The van der Waals surface area contributed by atoms with Gasteiger partial charge in [-0.15, -0.1) is 11.3 Å². The summed E-state index contributed by atoms with van der Waals surface area (Å²) in [5, 5.41) is 5.02. The van der Waals surface area contributed by atoms with Crippen molar-refractivity contribution < 1.29 is 9.59 Å². The van der Waals surface area contributed by atoms with Crippen LogP contribution in [0.2, 0.25) is 0 Å². The van der Waals surface area contributed by atoms with Crippen molar-refractivity contribution in [3.63, 3.8) is 0 Å². The number of nitrogens with zero attached hydrogens (tertiary/aromatic N) is 1. The van der Waals surface area contributed by atoms with Gasteiger partial charge in [0.1, 0.15) is 0 Å². The SMILES string of the molecule is O=C1Nc2ccccc2CC1CCC(=O)N(Cc1cccs1)C1CC1. The average Bonchev–Trinajstić information content (AvgIpc) is 3.33. The molecule has 2 aliphatic rings. The van der Waals surface area contributed by atoms with Gasteiger partial charge in [-0.25, -0.2) is 0 Å². The summed E-state index contributed by atoms with van der Waals surface area (Å²) in [6.07, 6.45) is 4.00. The molecule has 1 aromatic carbocycles. The van der Waals surface area contributed by atoms with Gasteiger partial charge in [-0.3, -0.25) is 9.59 Å². The van der Waals surface area contributed by atoms with Gasteiger partial charge in [0.2, 0.25) is 11.8 Å². The lowest BCUT2D eigenvalue weighted by molar-refractivity contribution is -0.133. The summed E-state index contributed by atoms with van der Waals surface area (Å²) < 4.78 is 0. The smallest absolute Gasteiger partial charge is 0.227 e. The van der Waals surface area contributed by atoms with Crippen molar-refractivity contribution in [1.29, 1.82) is 0 Å². The monoisotopic (exact) mass is 354 g/mol. The molecule has 0 radical (unpaired) electrons. The second kappa shape index (κ2) is 7.00. The van der Waals surface area contributed by atoms with Crippen LogP contribution < -0.4 is 5.32 Å². The van der Waals surface area contributed by atoms with Gasteiger partial charge in [0.15, 0.2) is 0 Å². The van der Waals surface area contributed by atoms with E-state index in [1.54, 1.807) is 11.3 Å². The van der Waals surface area contributed by atoms with Crippen molar-refractivity contribution in [3.8, 4) is 0 Å². The molecule has 1 aliphatic carbocycles. The summed E-state index contributed by atoms with van der Waals surface area (Å²) in [5.74, 6) is 0.118. The first-order valence-corrected chi connectivity index (χ1v) is 9.79. The zero-order chi connectivity index (χ0) is 17.2. The maximum atomic E-state index is 12.7. The Morgan fingerprint density at radius 3 is 2.80 bits per heavy atom. The third-order valence-electron chi connectivity index (χ3n) is 5.03. The predicted molar refractivity (Wildman–Crippen MR) is 99.4 cm³/mol. The lowest BCUT2D eigenvalue weighted by Gasteiger charge is -2.26.